The Labute approximate surface area is 99.8 Å². The minimum absolute atomic E-state index is 0.625. The van der Waals surface area contributed by atoms with Crippen LogP contribution in [0.25, 0.3) is 0 Å². The molecule has 0 radical (unpaired) electrons. The Balaban J connectivity index is 2.54. The van der Waals surface area contributed by atoms with Crippen LogP contribution in [0.3, 0.4) is 0 Å². The molecular formula is C11H16ClNOS. The fourth-order valence-corrected chi connectivity index (χ4v) is 2.57. The Morgan fingerprint density at radius 1 is 1.47 bits per heavy atom. The van der Waals surface area contributed by atoms with Gasteiger partial charge in [0.1, 0.15) is 0 Å². The molecule has 3 N–H and O–H groups in total. The molecule has 4 heteroatoms. The second kappa shape index (κ2) is 5.10. The van der Waals surface area contributed by atoms with Crippen molar-refractivity contribution < 1.29 is 5.11 Å². The van der Waals surface area contributed by atoms with Crippen LogP contribution < -0.4 is 5.73 Å². The number of halogens is 1. The summed E-state index contributed by atoms with van der Waals surface area (Å²) in [4.78, 5) is 0.973. The molecule has 0 amide bonds. The number of aliphatic hydroxyl groups is 1. The molecule has 0 saturated carbocycles. The van der Waals surface area contributed by atoms with Gasteiger partial charge in [-0.15, -0.1) is 11.8 Å². The van der Waals surface area contributed by atoms with Crippen molar-refractivity contribution in [3.63, 3.8) is 0 Å². The monoisotopic (exact) mass is 245 g/mol. The lowest BCUT2D eigenvalue weighted by Crippen LogP contribution is -2.19. The molecule has 1 aromatic rings. The lowest BCUT2D eigenvalue weighted by atomic mass is 10.1. The normalized spacial score (nSPS) is 11.7. The average Bonchev–Trinajstić information content (AvgIpc) is 2.09. The summed E-state index contributed by atoms with van der Waals surface area (Å²) in [7, 11) is 0. The van der Waals surface area contributed by atoms with Gasteiger partial charge >= 0.3 is 0 Å². The van der Waals surface area contributed by atoms with Gasteiger partial charge in [-0.05, 0) is 38.5 Å². The molecule has 1 rings (SSSR count). The van der Waals surface area contributed by atoms with Gasteiger partial charge in [-0.1, -0.05) is 11.6 Å². The largest absolute Gasteiger partial charge is 0.399 e. The molecule has 84 valence electrons. The fourth-order valence-electron chi connectivity index (χ4n) is 1.04. The van der Waals surface area contributed by atoms with Crippen LogP contribution in [0.15, 0.2) is 23.1 Å². The molecular weight excluding hydrogens is 230 g/mol. The van der Waals surface area contributed by atoms with E-state index in [1.165, 1.54) is 0 Å². The molecule has 0 bridgehead atoms. The maximum absolute atomic E-state index is 9.55. The average molecular weight is 246 g/mol. The molecule has 0 heterocycles. The molecule has 0 saturated heterocycles. The van der Waals surface area contributed by atoms with Crippen LogP contribution in [0.1, 0.15) is 20.3 Å². The number of benzene rings is 1. The Morgan fingerprint density at radius 3 is 2.73 bits per heavy atom. The van der Waals surface area contributed by atoms with E-state index in [1.807, 2.05) is 6.07 Å². The van der Waals surface area contributed by atoms with E-state index in [2.05, 4.69) is 0 Å². The highest BCUT2D eigenvalue weighted by Gasteiger charge is 2.12. The van der Waals surface area contributed by atoms with Gasteiger partial charge in [0.05, 0.1) is 10.6 Å². The summed E-state index contributed by atoms with van der Waals surface area (Å²) < 4.78 is 0. The Kier molecular flexibility index (Phi) is 4.32. The molecule has 0 aromatic heterocycles. The minimum Gasteiger partial charge on any atom is -0.399 e. The van der Waals surface area contributed by atoms with Crippen molar-refractivity contribution in [2.45, 2.75) is 30.8 Å². The lowest BCUT2D eigenvalue weighted by Gasteiger charge is -2.16. The van der Waals surface area contributed by atoms with Crippen molar-refractivity contribution in [1.29, 1.82) is 0 Å². The predicted molar refractivity (Wildman–Crippen MR) is 67.5 cm³/mol. The molecule has 2 nitrogen and oxygen atoms in total. The van der Waals surface area contributed by atoms with Gasteiger partial charge in [0.15, 0.2) is 0 Å². The van der Waals surface area contributed by atoms with Gasteiger partial charge in [0.2, 0.25) is 0 Å². The van der Waals surface area contributed by atoms with Crippen LogP contribution >= 0.6 is 23.4 Å². The van der Waals surface area contributed by atoms with Crippen molar-refractivity contribution in [2.75, 3.05) is 11.5 Å². The SMILES string of the molecule is CC(C)(O)CCSc1cc(N)ccc1Cl. The first kappa shape index (κ1) is 12.7. The Hall–Kier alpha value is -0.380. The number of rotatable bonds is 4. The smallest absolute Gasteiger partial charge is 0.0599 e. The Morgan fingerprint density at radius 2 is 2.13 bits per heavy atom. The molecule has 0 unspecified atom stereocenters. The van der Waals surface area contributed by atoms with Gasteiger partial charge in [-0.3, -0.25) is 0 Å². The zero-order valence-electron chi connectivity index (χ0n) is 8.96. The summed E-state index contributed by atoms with van der Waals surface area (Å²) in [5, 5.41) is 10.3. The third-order valence-corrected chi connectivity index (χ3v) is 3.43. The van der Waals surface area contributed by atoms with Gasteiger partial charge < -0.3 is 10.8 Å². The molecule has 0 aliphatic rings. The van der Waals surface area contributed by atoms with E-state index in [1.54, 1.807) is 37.7 Å². The highest BCUT2D eigenvalue weighted by molar-refractivity contribution is 7.99. The van der Waals surface area contributed by atoms with E-state index in [4.69, 9.17) is 17.3 Å². The van der Waals surface area contributed by atoms with Crippen molar-refractivity contribution in [1.82, 2.24) is 0 Å². The summed E-state index contributed by atoms with van der Waals surface area (Å²) in [6, 6.07) is 5.43. The second-order valence-electron chi connectivity index (χ2n) is 4.10. The molecule has 15 heavy (non-hydrogen) atoms. The first-order valence-electron chi connectivity index (χ1n) is 4.79. The first-order valence-corrected chi connectivity index (χ1v) is 6.15. The summed E-state index contributed by atoms with van der Waals surface area (Å²) in [6.45, 7) is 3.60. The quantitative estimate of drug-likeness (QED) is 0.633. The number of hydrogen-bond acceptors (Lipinski definition) is 3. The lowest BCUT2D eigenvalue weighted by molar-refractivity contribution is 0.0778. The summed E-state index contributed by atoms with van der Waals surface area (Å²) >= 11 is 7.62. The highest BCUT2D eigenvalue weighted by atomic mass is 35.5. The number of thioether (sulfide) groups is 1. The van der Waals surface area contributed by atoms with Crippen LogP contribution in [0.5, 0.6) is 0 Å². The maximum atomic E-state index is 9.55. The Bertz CT molecular complexity index is 336. The summed E-state index contributed by atoms with van der Waals surface area (Å²) in [6.07, 6.45) is 0.725. The predicted octanol–water partition coefficient (Wildman–Crippen LogP) is 3.18. The van der Waals surface area contributed by atoms with E-state index in [0.29, 0.717) is 10.7 Å². The second-order valence-corrected chi connectivity index (χ2v) is 5.64. The maximum Gasteiger partial charge on any atom is 0.0599 e. The molecule has 0 aliphatic heterocycles. The standard InChI is InChI=1S/C11H16ClNOS/c1-11(2,14)5-6-15-10-7-8(13)3-4-9(10)12/h3-4,7,14H,5-6,13H2,1-2H3. The van der Waals surface area contributed by atoms with Crippen LogP contribution in [-0.2, 0) is 0 Å². The number of nitrogen functional groups attached to an aromatic ring is 1. The van der Waals surface area contributed by atoms with E-state index < -0.39 is 5.60 Å². The number of nitrogens with two attached hydrogens (primary N) is 1. The van der Waals surface area contributed by atoms with E-state index in [9.17, 15) is 5.11 Å². The summed E-state index contributed by atoms with van der Waals surface area (Å²) in [5.41, 5.74) is 5.75. The number of anilines is 1. The molecule has 0 aliphatic carbocycles. The molecule has 1 aromatic carbocycles. The van der Waals surface area contributed by atoms with E-state index in [0.717, 1.165) is 17.1 Å². The van der Waals surface area contributed by atoms with Crippen LogP contribution in [-0.4, -0.2) is 16.5 Å². The third-order valence-electron chi connectivity index (χ3n) is 1.93. The van der Waals surface area contributed by atoms with Gasteiger partial charge in [0.25, 0.3) is 0 Å². The van der Waals surface area contributed by atoms with Crippen molar-refractivity contribution in [3.8, 4) is 0 Å². The van der Waals surface area contributed by atoms with Crippen molar-refractivity contribution in [2.24, 2.45) is 0 Å². The van der Waals surface area contributed by atoms with Gasteiger partial charge in [0, 0.05) is 16.3 Å². The fraction of sp³-hybridized carbons (Fsp3) is 0.455. The van der Waals surface area contributed by atoms with Crippen LogP contribution in [0.2, 0.25) is 5.02 Å². The third kappa shape index (κ3) is 4.78. The van der Waals surface area contributed by atoms with Crippen LogP contribution in [0, 0.1) is 0 Å². The van der Waals surface area contributed by atoms with E-state index in [-0.39, 0.29) is 0 Å². The van der Waals surface area contributed by atoms with E-state index >= 15 is 0 Å². The van der Waals surface area contributed by atoms with Crippen molar-refractivity contribution >= 4 is 29.1 Å². The zero-order valence-corrected chi connectivity index (χ0v) is 10.5. The molecule has 0 atom stereocenters. The molecule has 0 spiro atoms. The minimum atomic E-state index is -0.625. The first-order chi connectivity index (χ1) is 6.88. The zero-order chi connectivity index (χ0) is 11.5. The van der Waals surface area contributed by atoms with Gasteiger partial charge in [-0.25, -0.2) is 0 Å². The van der Waals surface area contributed by atoms with Gasteiger partial charge in [-0.2, -0.15) is 0 Å². The van der Waals surface area contributed by atoms with Crippen molar-refractivity contribution in [3.05, 3.63) is 23.2 Å². The highest BCUT2D eigenvalue weighted by Crippen LogP contribution is 2.30. The van der Waals surface area contributed by atoms with Crippen LogP contribution in [0.4, 0.5) is 5.69 Å². The topological polar surface area (TPSA) is 46.2 Å². The molecule has 0 fully saturated rings. The summed E-state index contributed by atoms with van der Waals surface area (Å²) in [5.74, 6) is 0.826. The number of hydrogen-bond donors (Lipinski definition) is 2.